The zero-order valence-corrected chi connectivity index (χ0v) is 12.0. The fraction of sp³-hybridized carbons (Fsp3) is 0.118. The summed E-state index contributed by atoms with van der Waals surface area (Å²) in [5.74, 6) is 0. The minimum absolute atomic E-state index is 0.527. The maximum Gasteiger partial charge on any atom is 0.198 e. The van der Waals surface area contributed by atoms with Gasteiger partial charge < -0.3 is 8.83 Å². The molecule has 0 spiro atoms. The average molecular weight is 280 g/mol. The molecule has 0 saturated heterocycles. The van der Waals surface area contributed by atoms with Gasteiger partial charge >= 0.3 is 0 Å². The summed E-state index contributed by atoms with van der Waals surface area (Å²) in [6, 6.07) is 10.2. The van der Waals surface area contributed by atoms with Crippen molar-refractivity contribution in [3.63, 3.8) is 0 Å². The summed E-state index contributed by atoms with van der Waals surface area (Å²) in [4.78, 5) is 0. The second-order valence-corrected chi connectivity index (χ2v) is 5.48. The Kier molecular flexibility index (Phi) is 2.30. The number of rotatable bonds is 0. The molecule has 3 heteroatoms. The van der Waals surface area contributed by atoms with Gasteiger partial charge in [0, 0.05) is 21.7 Å². The van der Waals surface area contributed by atoms with Gasteiger partial charge in [-0.05, 0) is 49.1 Å². The molecule has 0 unspecified atom stereocenters. The number of furan rings is 1. The largest absolute Gasteiger partial charge is 0.464 e. The molecule has 0 aliphatic carbocycles. The Morgan fingerprint density at radius 1 is 0.900 bits per heavy atom. The van der Waals surface area contributed by atoms with Crippen LogP contribution in [-0.2, 0) is 0 Å². The van der Waals surface area contributed by atoms with Crippen molar-refractivity contribution in [2.45, 2.75) is 13.8 Å². The SMILES string of the molecule is Cc1coc2c(C)c3oc(=S)c4ccccc4c3cc12. The molecule has 2 aromatic carbocycles. The van der Waals surface area contributed by atoms with Crippen molar-refractivity contribution in [2.75, 3.05) is 0 Å². The zero-order valence-electron chi connectivity index (χ0n) is 11.2. The van der Waals surface area contributed by atoms with Gasteiger partial charge in [0.15, 0.2) is 4.71 Å². The minimum atomic E-state index is 0.527. The number of benzene rings is 2. The van der Waals surface area contributed by atoms with Gasteiger partial charge in [0.25, 0.3) is 0 Å². The molecule has 4 aromatic rings. The monoisotopic (exact) mass is 280 g/mol. The van der Waals surface area contributed by atoms with Crippen LogP contribution >= 0.6 is 12.2 Å². The summed E-state index contributed by atoms with van der Waals surface area (Å²) in [6.45, 7) is 4.07. The molecule has 0 bridgehead atoms. The molecular weight excluding hydrogens is 268 g/mol. The highest BCUT2D eigenvalue weighted by Crippen LogP contribution is 2.35. The molecule has 0 aliphatic rings. The van der Waals surface area contributed by atoms with Crippen LogP contribution in [0.4, 0.5) is 0 Å². The molecule has 0 fully saturated rings. The fourth-order valence-corrected chi connectivity index (χ4v) is 3.07. The quantitative estimate of drug-likeness (QED) is 0.306. The van der Waals surface area contributed by atoms with E-state index in [0.717, 1.165) is 43.8 Å². The highest BCUT2D eigenvalue weighted by molar-refractivity contribution is 7.71. The van der Waals surface area contributed by atoms with Gasteiger partial charge in [-0.3, -0.25) is 0 Å². The lowest BCUT2D eigenvalue weighted by Gasteiger charge is -2.06. The Morgan fingerprint density at radius 2 is 1.65 bits per heavy atom. The van der Waals surface area contributed by atoms with Gasteiger partial charge in [0.1, 0.15) is 11.2 Å². The number of hydrogen-bond donors (Lipinski definition) is 0. The lowest BCUT2D eigenvalue weighted by Crippen LogP contribution is -1.84. The number of fused-ring (bicyclic) bond motifs is 4. The Morgan fingerprint density at radius 3 is 2.45 bits per heavy atom. The van der Waals surface area contributed by atoms with E-state index in [1.165, 1.54) is 0 Å². The van der Waals surface area contributed by atoms with E-state index in [1.54, 1.807) is 6.26 Å². The first-order valence-corrected chi connectivity index (χ1v) is 6.90. The van der Waals surface area contributed by atoms with Gasteiger partial charge in [0.2, 0.25) is 0 Å². The molecule has 0 atom stereocenters. The third-order valence-corrected chi connectivity index (χ3v) is 4.17. The molecule has 0 N–H and O–H groups in total. The molecule has 0 aliphatic heterocycles. The Labute approximate surface area is 120 Å². The summed E-state index contributed by atoms with van der Waals surface area (Å²) < 4.78 is 12.1. The van der Waals surface area contributed by atoms with Crippen molar-refractivity contribution in [1.82, 2.24) is 0 Å². The molecule has 2 nitrogen and oxygen atoms in total. The predicted octanol–water partition coefficient (Wildman–Crippen LogP) is 5.68. The summed E-state index contributed by atoms with van der Waals surface area (Å²) >= 11 is 5.37. The van der Waals surface area contributed by atoms with Crippen LogP contribution in [0.5, 0.6) is 0 Å². The summed E-state index contributed by atoms with van der Waals surface area (Å²) in [7, 11) is 0. The average Bonchev–Trinajstić information content (AvgIpc) is 2.83. The van der Waals surface area contributed by atoms with Crippen molar-refractivity contribution in [3.8, 4) is 0 Å². The van der Waals surface area contributed by atoms with Crippen LogP contribution in [0.25, 0.3) is 32.7 Å². The van der Waals surface area contributed by atoms with Crippen molar-refractivity contribution < 1.29 is 8.83 Å². The number of aryl methyl sites for hydroxylation is 2. The van der Waals surface area contributed by atoms with Crippen molar-refractivity contribution >= 4 is 44.9 Å². The topological polar surface area (TPSA) is 26.3 Å². The van der Waals surface area contributed by atoms with Crippen LogP contribution in [0, 0.1) is 18.6 Å². The molecule has 2 heterocycles. The maximum absolute atomic E-state index is 5.88. The van der Waals surface area contributed by atoms with Gasteiger partial charge in [-0.1, -0.05) is 18.2 Å². The van der Waals surface area contributed by atoms with E-state index in [4.69, 9.17) is 21.1 Å². The van der Waals surface area contributed by atoms with Crippen LogP contribution < -0.4 is 0 Å². The normalized spacial score (nSPS) is 11.7. The van der Waals surface area contributed by atoms with E-state index in [2.05, 4.69) is 19.1 Å². The van der Waals surface area contributed by atoms with Crippen LogP contribution in [0.3, 0.4) is 0 Å². The van der Waals surface area contributed by atoms with E-state index in [0.29, 0.717) is 4.71 Å². The smallest absolute Gasteiger partial charge is 0.198 e. The lowest BCUT2D eigenvalue weighted by atomic mass is 10.0. The van der Waals surface area contributed by atoms with Crippen LogP contribution in [0.15, 0.2) is 45.4 Å². The molecule has 0 radical (unpaired) electrons. The molecule has 2 aromatic heterocycles. The molecular formula is C17H12O2S. The van der Waals surface area contributed by atoms with Crippen LogP contribution in [0.1, 0.15) is 11.1 Å². The highest BCUT2D eigenvalue weighted by Gasteiger charge is 2.14. The van der Waals surface area contributed by atoms with E-state index >= 15 is 0 Å². The summed E-state index contributed by atoms with van der Waals surface area (Å²) in [5, 5.41) is 4.33. The first kappa shape index (κ1) is 11.7. The van der Waals surface area contributed by atoms with Gasteiger partial charge in [0.05, 0.1) is 6.26 Å². The molecule has 20 heavy (non-hydrogen) atoms. The fourth-order valence-electron chi connectivity index (χ4n) is 2.81. The van der Waals surface area contributed by atoms with Crippen molar-refractivity contribution in [3.05, 3.63) is 52.4 Å². The van der Waals surface area contributed by atoms with E-state index < -0.39 is 0 Å². The minimum Gasteiger partial charge on any atom is -0.464 e. The Hall–Kier alpha value is -2.13. The number of hydrogen-bond acceptors (Lipinski definition) is 3. The Balaban J connectivity index is 2.39. The van der Waals surface area contributed by atoms with Crippen LogP contribution in [0.2, 0.25) is 0 Å². The van der Waals surface area contributed by atoms with Crippen molar-refractivity contribution in [1.29, 1.82) is 0 Å². The van der Waals surface area contributed by atoms with E-state index in [-0.39, 0.29) is 0 Å². The molecule has 0 amide bonds. The van der Waals surface area contributed by atoms with Gasteiger partial charge in [-0.2, -0.15) is 0 Å². The third-order valence-electron chi connectivity index (χ3n) is 3.87. The van der Waals surface area contributed by atoms with Crippen molar-refractivity contribution in [2.24, 2.45) is 0 Å². The first-order chi connectivity index (χ1) is 9.66. The zero-order chi connectivity index (χ0) is 13.9. The van der Waals surface area contributed by atoms with Gasteiger partial charge in [-0.25, -0.2) is 0 Å². The molecule has 98 valence electrons. The van der Waals surface area contributed by atoms with Gasteiger partial charge in [-0.15, -0.1) is 0 Å². The predicted molar refractivity (Wildman–Crippen MR) is 83.8 cm³/mol. The molecule has 0 saturated carbocycles. The second-order valence-electron chi connectivity index (χ2n) is 5.11. The highest BCUT2D eigenvalue weighted by atomic mass is 32.1. The first-order valence-electron chi connectivity index (χ1n) is 6.50. The van der Waals surface area contributed by atoms with E-state index in [9.17, 15) is 0 Å². The molecule has 4 rings (SSSR count). The Bertz CT molecular complexity index is 1040. The maximum atomic E-state index is 5.88. The summed E-state index contributed by atoms with van der Waals surface area (Å²) in [6.07, 6.45) is 1.79. The van der Waals surface area contributed by atoms with E-state index in [1.807, 2.05) is 25.1 Å². The summed E-state index contributed by atoms with van der Waals surface area (Å²) in [5.41, 5.74) is 3.83. The van der Waals surface area contributed by atoms with Crippen LogP contribution in [-0.4, -0.2) is 0 Å². The standard InChI is InChI=1S/C17H12O2S/c1-9-8-18-15-10(2)16-14(7-13(9)15)11-5-3-4-6-12(11)17(20)19-16/h3-8H,1-2H3. The lowest BCUT2D eigenvalue weighted by molar-refractivity contribution is 0.585. The third kappa shape index (κ3) is 1.41. The second kappa shape index (κ2) is 3.93.